The summed E-state index contributed by atoms with van der Waals surface area (Å²) in [6.45, 7) is 6.73. The number of halogens is 1. The molecule has 1 amide bonds. The molecule has 0 bridgehead atoms. The number of nitrogens with one attached hydrogen (secondary N) is 1. The maximum Gasteiger partial charge on any atom is 0.273 e. The fourth-order valence-electron chi connectivity index (χ4n) is 4.30. The van der Waals surface area contributed by atoms with Crippen LogP contribution < -0.4 is 0 Å². The van der Waals surface area contributed by atoms with E-state index in [1.807, 2.05) is 55.1 Å². The van der Waals surface area contributed by atoms with Crippen molar-refractivity contribution in [2.24, 2.45) is 0 Å². The minimum Gasteiger partial charge on any atom is -0.507 e. The number of benzene rings is 2. The lowest BCUT2D eigenvalue weighted by molar-refractivity contribution is 0.0740. The lowest BCUT2D eigenvalue weighted by Gasteiger charge is -2.26. The number of hydrogen-bond donors (Lipinski definition) is 2. The van der Waals surface area contributed by atoms with Crippen molar-refractivity contribution >= 4 is 21.8 Å². The minimum atomic E-state index is -0.230. The third-order valence-corrected chi connectivity index (χ3v) is 6.28. The Morgan fingerprint density at radius 3 is 2.60 bits per heavy atom. The molecule has 6 heteroatoms. The summed E-state index contributed by atoms with van der Waals surface area (Å²) < 4.78 is 0.993. The van der Waals surface area contributed by atoms with Gasteiger partial charge in [-0.3, -0.25) is 9.89 Å². The molecular formula is C24H26BrN3O2. The predicted molar refractivity (Wildman–Crippen MR) is 122 cm³/mol. The van der Waals surface area contributed by atoms with E-state index in [9.17, 15) is 9.90 Å². The minimum absolute atomic E-state index is 0.0309. The van der Waals surface area contributed by atoms with Gasteiger partial charge in [-0.2, -0.15) is 5.10 Å². The second kappa shape index (κ2) is 8.26. The van der Waals surface area contributed by atoms with Gasteiger partial charge in [0.05, 0.1) is 6.04 Å². The number of H-pyrrole nitrogens is 1. The molecule has 0 saturated carbocycles. The Morgan fingerprint density at radius 1 is 1.17 bits per heavy atom. The first-order valence-corrected chi connectivity index (χ1v) is 11.2. The number of nitrogens with zero attached hydrogens (tertiary/aromatic N) is 2. The number of phenols is 1. The summed E-state index contributed by atoms with van der Waals surface area (Å²) in [4.78, 5) is 15.2. The number of aromatic amines is 1. The zero-order chi connectivity index (χ0) is 21.4. The number of hydrogen-bond acceptors (Lipinski definition) is 3. The Kier molecular flexibility index (Phi) is 5.69. The molecule has 1 aliphatic rings. The molecule has 2 aromatic carbocycles. The highest BCUT2D eigenvalue weighted by atomic mass is 79.9. The number of aromatic nitrogens is 2. The molecule has 1 unspecified atom stereocenters. The topological polar surface area (TPSA) is 69.2 Å². The van der Waals surface area contributed by atoms with Crippen LogP contribution in [0.4, 0.5) is 0 Å². The van der Waals surface area contributed by atoms with Gasteiger partial charge in [0.1, 0.15) is 17.1 Å². The first-order chi connectivity index (χ1) is 14.4. The number of aromatic hydroxyl groups is 1. The Morgan fingerprint density at radius 2 is 1.90 bits per heavy atom. The fraction of sp³-hybridized carbons (Fsp3) is 0.333. The first kappa shape index (κ1) is 20.7. The number of unbranched alkanes of at least 4 members (excludes halogenated alkanes) is 2. The van der Waals surface area contributed by atoms with Crippen molar-refractivity contribution in [3.8, 4) is 17.0 Å². The smallest absolute Gasteiger partial charge is 0.273 e. The largest absolute Gasteiger partial charge is 0.507 e. The summed E-state index contributed by atoms with van der Waals surface area (Å²) in [6.07, 6.45) is 3.13. The van der Waals surface area contributed by atoms with Gasteiger partial charge >= 0.3 is 0 Å². The van der Waals surface area contributed by atoms with Gasteiger partial charge in [0.15, 0.2) is 0 Å². The summed E-state index contributed by atoms with van der Waals surface area (Å²) in [7, 11) is 0. The quantitative estimate of drug-likeness (QED) is 0.443. The number of fused-ring (bicyclic) bond motifs is 1. The Bertz CT molecular complexity index is 1090. The van der Waals surface area contributed by atoms with Crippen molar-refractivity contribution in [2.45, 2.75) is 46.1 Å². The maximum atomic E-state index is 13.3. The van der Waals surface area contributed by atoms with E-state index in [2.05, 4.69) is 33.1 Å². The average Bonchev–Trinajstić information content (AvgIpc) is 3.25. The molecule has 0 spiro atoms. The van der Waals surface area contributed by atoms with Gasteiger partial charge in [-0.1, -0.05) is 53.9 Å². The highest BCUT2D eigenvalue weighted by molar-refractivity contribution is 9.10. The van der Waals surface area contributed by atoms with Crippen LogP contribution in [0, 0.1) is 13.8 Å². The molecule has 4 rings (SSSR count). The van der Waals surface area contributed by atoms with Crippen molar-refractivity contribution in [2.75, 3.05) is 6.54 Å². The van der Waals surface area contributed by atoms with Gasteiger partial charge in [0.2, 0.25) is 0 Å². The molecule has 30 heavy (non-hydrogen) atoms. The van der Waals surface area contributed by atoms with Crippen molar-refractivity contribution in [1.82, 2.24) is 15.1 Å². The van der Waals surface area contributed by atoms with E-state index in [4.69, 9.17) is 0 Å². The SMILES string of the molecule is CCCCCN1C(=O)c2[nH]nc(-c3cc(C)cc(C)c3O)c2C1c1ccc(Br)cc1. The van der Waals surface area contributed by atoms with E-state index in [1.165, 1.54) is 0 Å². The van der Waals surface area contributed by atoms with Crippen LogP contribution in [0.3, 0.4) is 0 Å². The van der Waals surface area contributed by atoms with Gasteiger partial charge in [-0.05, 0) is 55.2 Å². The molecule has 2 N–H and O–H groups in total. The Balaban J connectivity index is 1.87. The van der Waals surface area contributed by atoms with Crippen molar-refractivity contribution in [3.63, 3.8) is 0 Å². The Labute approximate surface area is 185 Å². The molecular weight excluding hydrogens is 442 g/mol. The molecule has 5 nitrogen and oxygen atoms in total. The molecule has 0 fully saturated rings. The molecule has 1 aliphatic heterocycles. The molecule has 0 radical (unpaired) electrons. The van der Waals surface area contributed by atoms with Crippen LogP contribution in [0.15, 0.2) is 40.9 Å². The molecule has 2 heterocycles. The number of carbonyl (C=O) groups is 1. The molecule has 0 saturated heterocycles. The van der Waals surface area contributed by atoms with Crippen molar-refractivity contribution in [1.29, 1.82) is 0 Å². The van der Waals surface area contributed by atoms with E-state index in [-0.39, 0.29) is 17.7 Å². The predicted octanol–water partition coefficient (Wildman–Crippen LogP) is 5.90. The normalized spacial score (nSPS) is 15.7. The van der Waals surface area contributed by atoms with Crippen LogP contribution in [-0.4, -0.2) is 32.7 Å². The van der Waals surface area contributed by atoms with Crippen molar-refractivity contribution < 1.29 is 9.90 Å². The molecule has 3 aromatic rings. The molecule has 1 atom stereocenters. The molecule has 1 aromatic heterocycles. The lowest BCUT2D eigenvalue weighted by atomic mass is 9.94. The van der Waals surface area contributed by atoms with Gasteiger partial charge in [0.25, 0.3) is 5.91 Å². The molecule has 156 valence electrons. The summed E-state index contributed by atoms with van der Waals surface area (Å²) in [5, 5.41) is 18.2. The van der Waals surface area contributed by atoms with Gasteiger partial charge in [-0.25, -0.2) is 0 Å². The lowest BCUT2D eigenvalue weighted by Crippen LogP contribution is -2.30. The zero-order valence-electron chi connectivity index (χ0n) is 17.5. The fourth-order valence-corrected chi connectivity index (χ4v) is 4.56. The third kappa shape index (κ3) is 3.54. The highest BCUT2D eigenvalue weighted by Gasteiger charge is 2.42. The second-order valence-electron chi connectivity index (χ2n) is 8.00. The number of rotatable bonds is 6. The number of phenolic OH excluding ortho intramolecular Hbond substituents is 1. The first-order valence-electron chi connectivity index (χ1n) is 10.4. The van der Waals surface area contributed by atoms with E-state index in [0.29, 0.717) is 23.5 Å². The summed E-state index contributed by atoms with van der Waals surface area (Å²) >= 11 is 3.50. The van der Waals surface area contributed by atoms with E-state index in [0.717, 1.165) is 46.0 Å². The van der Waals surface area contributed by atoms with Crippen molar-refractivity contribution in [3.05, 3.63) is 68.8 Å². The highest BCUT2D eigenvalue weighted by Crippen LogP contribution is 2.45. The van der Waals surface area contributed by atoms with E-state index >= 15 is 0 Å². The van der Waals surface area contributed by atoms with E-state index in [1.54, 1.807) is 0 Å². The van der Waals surface area contributed by atoms with Gasteiger partial charge < -0.3 is 10.0 Å². The van der Waals surface area contributed by atoms with Gasteiger partial charge in [-0.15, -0.1) is 0 Å². The van der Waals surface area contributed by atoms with Gasteiger partial charge in [0, 0.05) is 22.1 Å². The van der Waals surface area contributed by atoms with Crippen LogP contribution >= 0.6 is 15.9 Å². The summed E-state index contributed by atoms with van der Waals surface area (Å²) in [5.74, 6) is 0.179. The van der Waals surface area contributed by atoms with Crippen LogP contribution in [0.2, 0.25) is 0 Å². The zero-order valence-corrected chi connectivity index (χ0v) is 19.1. The van der Waals surface area contributed by atoms with Crippen LogP contribution in [-0.2, 0) is 0 Å². The number of aryl methyl sites for hydroxylation is 2. The molecule has 0 aliphatic carbocycles. The average molecular weight is 468 g/mol. The number of carbonyl (C=O) groups excluding carboxylic acids is 1. The van der Waals surface area contributed by atoms with Crippen LogP contribution in [0.5, 0.6) is 5.75 Å². The second-order valence-corrected chi connectivity index (χ2v) is 8.91. The van der Waals surface area contributed by atoms with E-state index < -0.39 is 0 Å². The maximum absolute atomic E-state index is 13.3. The summed E-state index contributed by atoms with van der Waals surface area (Å²) in [6, 6.07) is 11.7. The Hall–Kier alpha value is -2.60. The number of amides is 1. The van der Waals surface area contributed by atoms with Crippen LogP contribution in [0.25, 0.3) is 11.3 Å². The van der Waals surface area contributed by atoms with Crippen LogP contribution in [0.1, 0.15) is 65.0 Å². The summed E-state index contributed by atoms with van der Waals surface area (Å²) in [5.41, 5.74) is 5.55. The standard InChI is InChI=1S/C24H26BrN3O2/c1-4-5-6-11-28-22(16-7-9-17(25)10-8-16)19-20(26-27-21(19)24(28)30)18-13-14(2)12-15(3)23(18)29/h7-10,12-13,22,29H,4-6,11H2,1-3H3,(H,26,27). The third-order valence-electron chi connectivity index (χ3n) is 5.75. The monoisotopic (exact) mass is 467 g/mol.